The molecule has 0 saturated heterocycles. The first-order valence-electron chi connectivity index (χ1n) is 9.96. The van der Waals surface area contributed by atoms with Gasteiger partial charge in [-0.15, -0.1) is 12.4 Å². The van der Waals surface area contributed by atoms with Crippen LogP contribution in [0.4, 0.5) is 5.69 Å². The Kier molecular flexibility index (Phi) is 7.75. The van der Waals surface area contributed by atoms with Crippen LogP contribution in [0.15, 0.2) is 36.4 Å². The molecule has 1 amide bonds. The lowest BCUT2D eigenvalue weighted by Crippen LogP contribution is -2.43. The molecular formula is C23H31ClN2O4. The van der Waals surface area contributed by atoms with Crippen LogP contribution in [-0.4, -0.2) is 34.8 Å². The molecule has 1 aliphatic heterocycles. The minimum atomic E-state index is -0.895. The fourth-order valence-corrected chi connectivity index (χ4v) is 3.54. The zero-order valence-corrected chi connectivity index (χ0v) is 18.7. The van der Waals surface area contributed by atoms with Gasteiger partial charge in [0.05, 0.1) is 11.8 Å². The van der Waals surface area contributed by atoms with E-state index < -0.39 is 6.10 Å². The first-order chi connectivity index (χ1) is 13.6. The lowest BCUT2D eigenvalue weighted by Gasteiger charge is -2.29. The van der Waals surface area contributed by atoms with E-state index in [0.29, 0.717) is 22.9 Å². The number of amides is 1. The van der Waals surface area contributed by atoms with Gasteiger partial charge < -0.3 is 25.6 Å². The molecule has 2 aromatic rings. The number of hydrogen-bond donors (Lipinski definition) is 4. The molecule has 1 aliphatic rings. The van der Waals surface area contributed by atoms with Crippen molar-refractivity contribution in [2.75, 3.05) is 18.5 Å². The zero-order chi connectivity index (χ0) is 21.2. The third-order valence-electron chi connectivity index (χ3n) is 5.15. The van der Waals surface area contributed by atoms with Crippen molar-refractivity contribution in [3.63, 3.8) is 0 Å². The number of halogens is 1. The van der Waals surface area contributed by atoms with Gasteiger partial charge in [-0.1, -0.05) is 38.1 Å². The molecule has 0 saturated carbocycles. The van der Waals surface area contributed by atoms with E-state index in [1.54, 1.807) is 0 Å². The Bertz CT molecular complexity index is 882. The Morgan fingerprint density at radius 2 is 1.87 bits per heavy atom. The zero-order valence-electron chi connectivity index (χ0n) is 17.9. The van der Waals surface area contributed by atoms with Gasteiger partial charge in [0.15, 0.2) is 6.61 Å². The molecule has 30 heavy (non-hydrogen) atoms. The van der Waals surface area contributed by atoms with Crippen LogP contribution in [0.3, 0.4) is 0 Å². The number of carbonyl (C=O) groups excluding carboxylic acids is 1. The number of fused-ring (bicyclic) bond motifs is 1. The first kappa shape index (κ1) is 24.0. The van der Waals surface area contributed by atoms with Gasteiger partial charge in [-0.2, -0.15) is 0 Å². The normalized spacial score (nSPS) is 14.4. The molecule has 2 aromatic carbocycles. The van der Waals surface area contributed by atoms with Crippen molar-refractivity contribution >= 4 is 24.0 Å². The van der Waals surface area contributed by atoms with Gasteiger partial charge in [-0.3, -0.25) is 4.79 Å². The van der Waals surface area contributed by atoms with E-state index in [4.69, 9.17) is 4.74 Å². The van der Waals surface area contributed by atoms with Crippen molar-refractivity contribution in [3.05, 3.63) is 53.1 Å². The lowest BCUT2D eigenvalue weighted by molar-refractivity contribution is -0.118. The van der Waals surface area contributed by atoms with Crippen molar-refractivity contribution in [1.29, 1.82) is 0 Å². The standard InChI is InChI=1S/C23H30N2O4.ClH/c1-14(2)16-7-5-15(6-8-16)11-23(3,4)24-12-20(27)18-9-17(26)10-19-22(18)29-13-21(28)25-19;/h5-10,14,20,24,26-27H,11-13H2,1-4H3,(H,25,28);1H. The summed E-state index contributed by atoms with van der Waals surface area (Å²) in [4.78, 5) is 11.5. The smallest absolute Gasteiger partial charge is 0.262 e. The van der Waals surface area contributed by atoms with E-state index >= 15 is 0 Å². The van der Waals surface area contributed by atoms with Crippen LogP contribution in [0.5, 0.6) is 11.5 Å². The monoisotopic (exact) mass is 434 g/mol. The van der Waals surface area contributed by atoms with Crippen molar-refractivity contribution in [3.8, 4) is 11.5 Å². The highest BCUT2D eigenvalue weighted by atomic mass is 35.5. The SMILES string of the molecule is CC(C)c1ccc(CC(C)(C)NCC(O)c2cc(O)cc3c2OCC(=O)N3)cc1.Cl. The molecule has 3 rings (SSSR count). The summed E-state index contributed by atoms with van der Waals surface area (Å²) in [6.45, 7) is 8.71. The number of benzene rings is 2. The largest absolute Gasteiger partial charge is 0.508 e. The van der Waals surface area contributed by atoms with Crippen LogP contribution in [0.2, 0.25) is 0 Å². The van der Waals surface area contributed by atoms with Crippen LogP contribution in [0, 0.1) is 0 Å². The number of phenols is 1. The number of aliphatic hydroxyl groups excluding tert-OH is 1. The van der Waals surface area contributed by atoms with Crippen LogP contribution in [0.1, 0.15) is 56.4 Å². The maximum absolute atomic E-state index is 11.5. The summed E-state index contributed by atoms with van der Waals surface area (Å²) in [7, 11) is 0. The van der Waals surface area contributed by atoms with E-state index in [1.807, 2.05) is 0 Å². The van der Waals surface area contributed by atoms with E-state index in [1.165, 1.54) is 23.3 Å². The van der Waals surface area contributed by atoms with Gasteiger partial charge >= 0.3 is 0 Å². The van der Waals surface area contributed by atoms with Gasteiger partial charge in [0, 0.05) is 23.7 Å². The number of β-amino-alcohol motifs (C(OH)–C–C–N with tert-alkyl or cyclic N) is 1. The van der Waals surface area contributed by atoms with Crippen LogP contribution in [0.25, 0.3) is 0 Å². The molecule has 7 heteroatoms. The van der Waals surface area contributed by atoms with Crippen LogP contribution < -0.4 is 15.4 Å². The summed E-state index contributed by atoms with van der Waals surface area (Å²) in [6, 6.07) is 11.5. The second kappa shape index (κ2) is 9.69. The topological polar surface area (TPSA) is 90.8 Å². The molecule has 0 aliphatic carbocycles. The highest BCUT2D eigenvalue weighted by Crippen LogP contribution is 2.38. The van der Waals surface area contributed by atoms with E-state index in [9.17, 15) is 15.0 Å². The fourth-order valence-electron chi connectivity index (χ4n) is 3.54. The third kappa shape index (κ3) is 5.88. The molecule has 1 heterocycles. The van der Waals surface area contributed by atoms with Gasteiger partial charge in [0.1, 0.15) is 11.5 Å². The minimum absolute atomic E-state index is 0. The number of phenolic OH excluding ortho intramolecular Hbond substituents is 1. The van der Waals surface area contributed by atoms with E-state index in [2.05, 4.69) is 62.6 Å². The predicted molar refractivity (Wildman–Crippen MR) is 121 cm³/mol. The molecule has 0 fully saturated rings. The van der Waals surface area contributed by atoms with Gasteiger partial charge in [-0.25, -0.2) is 0 Å². The minimum Gasteiger partial charge on any atom is -0.508 e. The number of anilines is 1. The van der Waals surface area contributed by atoms with Crippen LogP contribution >= 0.6 is 12.4 Å². The number of rotatable bonds is 7. The van der Waals surface area contributed by atoms with E-state index in [0.717, 1.165) is 6.42 Å². The van der Waals surface area contributed by atoms with Crippen molar-refractivity contribution in [2.24, 2.45) is 0 Å². The summed E-state index contributed by atoms with van der Waals surface area (Å²) < 4.78 is 5.49. The number of carbonyl (C=O) groups is 1. The number of nitrogens with one attached hydrogen (secondary N) is 2. The van der Waals surface area contributed by atoms with Crippen molar-refractivity contribution in [1.82, 2.24) is 5.32 Å². The van der Waals surface area contributed by atoms with Crippen molar-refractivity contribution < 1.29 is 19.7 Å². The second-order valence-corrected chi connectivity index (χ2v) is 8.60. The Labute approximate surface area is 184 Å². The molecule has 0 radical (unpaired) electrons. The maximum atomic E-state index is 11.5. The summed E-state index contributed by atoms with van der Waals surface area (Å²) in [5.41, 5.74) is 3.12. The van der Waals surface area contributed by atoms with E-state index in [-0.39, 0.29) is 42.8 Å². The van der Waals surface area contributed by atoms with Crippen molar-refractivity contribution in [2.45, 2.75) is 51.7 Å². The van der Waals surface area contributed by atoms with Gasteiger partial charge in [0.25, 0.3) is 5.91 Å². The summed E-state index contributed by atoms with van der Waals surface area (Å²) in [5.74, 6) is 0.587. The average Bonchev–Trinajstić information content (AvgIpc) is 2.65. The van der Waals surface area contributed by atoms with Crippen LogP contribution in [-0.2, 0) is 11.2 Å². The summed E-state index contributed by atoms with van der Waals surface area (Å²) >= 11 is 0. The number of hydrogen-bond acceptors (Lipinski definition) is 5. The molecule has 1 unspecified atom stereocenters. The maximum Gasteiger partial charge on any atom is 0.262 e. The predicted octanol–water partition coefficient (Wildman–Crippen LogP) is 3.91. The molecule has 6 nitrogen and oxygen atoms in total. The summed E-state index contributed by atoms with van der Waals surface area (Å²) in [6.07, 6.45) is -0.0866. The molecule has 1 atom stereocenters. The molecule has 164 valence electrons. The highest BCUT2D eigenvalue weighted by Gasteiger charge is 2.26. The quantitative estimate of drug-likeness (QED) is 0.530. The molecular weight excluding hydrogens is 404 g/mol. The second-order valence-electron chi connectivity index (χ2n) is 8.60. The lowest BCUT2D eigenvalue weighted by atomic mass is 9.92. The number of aromatic hydroxyl groups is 1. The Balaban J connectivity index is 0.00000320. The Morgan fingerprint density at radius 1 is 1.20 bits per heavy atom. The number of aliphatic hydroxyl groups is 1. The molecule has 0 aromatic heterocycles. The van der Waals surface area contributed by atoms with Gasteiger partial charge in [-0.05, 0) is 43.4 Å². The molecule has 4 N–H and O–H groups in total. The van der Waals surface area contributed by atoms with Gasteiger partial charge in [0.2, 0.25) is 0 Å². The number of ether oxygens (including phenoxy) is 1. The fraction of sp³-hybridized carbons (Fsp3) is 0.435. The average molecular weight is 435 g/mol. The first-order valence-corrected chi connectivity index (χ1v) is 9.96. The summed E-state index contributed by atoms with van der Waals surface area (Å²) in [5, 5.41) is 26.7. The Hall–Kier alpha value is -2.28. The highest BCUT2D eigenvalue weighted by molar-refractivity contribution is 5.96. The Morgan fingerprint density at radius 3 is 2.50 bits per heavy atom. The third-order valence-corrected chi connectivity index (χ3v) is 5.15. The molecule has 0 spiro atoms. The molecule has 0 bridgehead atoms.